The molecule has 140 valence electrons. The van der Waals surface area contributed by atoms with Gasteiger partial charge in [0.25, 0.3) is 0 Å². The van der Waals surface area contributed by atoms with Crippen LogP contribution in [0.4, 0.5) is 0 Å². The van der Waals surface area contributed by atoms with Gasteiger partial charge in [0.05, 0.1) is 5.69 Å². The van der Waals surface area contributed by atoms with E-state index in [4.69, 9.17) is 4.98 Å². The minimum Gasteiger partial charge on any atom is -0.306 e. The topological polar surface area (TPSA) is 32.3 Å². The van der Waals surface area contributed by atoms with Crippen molar-refractivity contribution in [1.29, 1.82) is 0 Å². The van der Waals surface area contributed by atoms with Crippen molar-refractivity contribution in [1.82, 2.24) is 19.8 Å². The monoisotopic (exact) mass is 352 g/mol. The minimum absolute atomic E-state index is 0.371. The molecule has 1 saturated heterocycles. The van der Waals surface area contributed by atoms with E-state index in [9.17, 15) is 0 Å². The van der Waals surface area contributed by atoms with Crippen molar-refractivity contribution in [2.45, 2.75) is 51.6 Å². The van der Waals surface area contributed by atoms with Gasteiger partial charge in [0, 0.05) is 31.2 Å². The third-order valence-corrected chi connectivity index (χ3v) is 5.35. The highest BCUT2D eigenvalue weighted by atomic mass is 15.2. The first-order chi connectivity index (χ1) is 12.6. The van der Waals surface area contributed by atoms with Crippen LogP contribution in [-0.2, 0) is 13.0 Å². The zero-order valence-corrected chi connectivity index (χ0v) is 16.4. The van der Waals surface area contributed by atoms with E-state index in [0.29, 0.717) is 12.0 Å². The molecule has 1 aromatic heterocycles. The third-order valence-electron chi connectivity index (χ3n) is 5.35. The molecule has 0 bridgehead atoms. The van der Waals surface area contributed by atoms with Crippen LogP contribution in [-0.4, -0.2) is 52.5 Å². The highest BCUT2D eigenvalue weighted by molar-refractivity contribution is 5.15. The second-order valence-electron chi connectivity index (χ2n) is 7.80. The highest BCUT2D eigenvalue weighted by Gasteiger charge is 2.23. The van der Waals surface area contributed by atoms with Gasteiger partial charge in [-0.05, 0) is 51.0 Å². The maximum atomic E-state index is 4.81. The van der Waals surface area contributed by atoms with Crippen molar-refractivity contribution in [3.05, 3.63) is 59.7 Å². The summed E-state index contributed by atoms with van der Waals surface area (Å²) in [6.45, 7) is 8.69. The van der Waals surface area contributed by atoms with Gasteiger partial charge in [-0.25, -0.2) is 9.97 Å². The Bertz CT molecular complexity index is 663. The predicted molar refractivity (Wildman–Crippen MR) is 107 cm³/mol. The van der Waals surface area contributed by atoms with Gasteiger partial charge >= 0.3 is 0 Å². The molecule has 0 spiro atoms. The molecule has 2 heterocycles. The third kappa shape index (κ3) is 5.36. The summed E-state index contributed by atoms with van der Waals surface area (Å²) in [6.07, 6.45) is 5.50. The van der Waals surface area contributed by atoms with E-state index >= 15 is 0 Å². The van der Waals surface area contributed by atoms with Gasteiger partial charge in [-0.15, -0.1) is 0 Å². The van der Waals surface area contributed by atoms with Gasteiger partial charge in [-0.1, -0.05) is 44.2 Å². The summed E-state index contributed by atoms with van der Waals surface area (Å²) in [5, 5.41) is 0. The number of benzene rings is 1. The maximum absolute atomic E-state index is 4.81. The lowest BCUT2D eigenvalue weighted by Gasteiger charge is -2.37. The SMILES string of the molecule is CC(C)c1nccc(CN(CCc2ccccc2)C2CCN(C)CC2)n1. The molecule has 1 aliphatic rings. The average Bonchev–Trinajstić information content (AvgIpc) is 2.67. The summed E-state index contributed by atoms with van der Waals surface area (Å²) in [4.78, 5) is 14.3. The molecule has 3 rings (SSSR count). The van der Waals surface area contributed by atoms with Crippen LogP contribution in [0.15, 0.2) is 42.6 Å². The summed E-state index contributed by atoms with van der Waals surface area (Å²) in [5.41, 5.74) is 2.56. The largest absolute Gasteiger partial charge is 0.306 e. The van der Waals surface area contributed by atoms with Crippen molar-refractivity contribution in [3.63, 3.8) is 0 Å². The molecule has 1 fully saturated rings. The quantitative estimate of drug-likeness (QED) is 0.760. The number of piperidine rings is 1. The molecule has 0 saturated carbocycles. The van der Waals surface area contributed by atoms with Gasteiger partial charge < -0.3 is 4.90 Å². The van der Waals surface area contributed by atoms with E-state index in [1.54, 1.807) is 0 Å². The van der Waals surface area contributed by atoms with Crippen molar-refractivity contribution < 1.29 is 0 Å². The molecule has 2 aromatic rings. The van der Waals surface area contributed by atoms with E-state index in [-0.39, 0.29) is 0 Å². The highest BCUT2D eigenvalue weighted by Crippen LogP contribution is 2.19. The Morgan fingerprint density at radius 3 is 2.54 bits per heavy atom. The number of aromatic nitrogens is 2. The smallest absolute Gasteiger partial charge is 0.131 e. The average molecular weight is 353 g/mol. The van der Waals surface area contributed by atoms with Crippen LogP contribution in [0.25, 0.3) is 0 Å². The molecular formula is C22H32N4. The van der Waals surface area contributed by atoms with Gasteiger partial charge in [-0.3, -0.25) is 4.90 Å². The fraction of sp³-hybridized carbons (Fsp3) is 0.545. The Balaban J connectivity index is 1.70. The Hall–Kier alpha value is -1.78. The van der Waals surface area contributed by atoms with E-state index in [0.717, 1.165) is 31.0 Å². The number of hydrogen-bond donors (Lipinski definition) is 0. The Labute approximate surface area is 158 Å². The number of likely N-dealkylation sites (tertiary alicyclic amines) is 1. The van der Waals surface area contributed by atoms with Crippen LogP contribution in [0, 0.1) is 0 Å². The van der Waals surface area contributed by atoms with Gasteiger partial charge in [0.1, 0.15) is 5.82 Å². The molecule has 4 nitrogen and oxygen atoms in total. The number of nitrogens with zero attached hydrogens (tertiary/aromatic N) is 4. The molecule has 0 N–H and O–H groups in total. The van der Waals surface area contributed by atoms with Gasteiger partial charge in [0.2, 0.25) is 0 Å². The van der Waals surface area contributed by atoms with E-state index in [2.05, 4.69) is 72.1 Å². The summed E-state index contributed by atoms with van der Waals surface area (Å²) < 4.78 is 0. The van der Waals surface area contributed by atoms with Crippen LogP contribution in [0.2, 0.25) is 0 Å². The van der Waals surface area contributed by atoms with Gasteiger partial charge in [0.15, 0.2) is 0 Å². The first kappa shape index (κ1) is 19.0. The van der Waals surface area contributed by atoms with Gasteiger partial charge in [-0.2, -0.15) is 0 Å². The fourth-order valence-electron chi connectivity index (χ4n) is 3.66. The normalized spacial score (nSPS) is 16.5. The molecule has 1 aromatic carbocycles. The summed E-state index contributed by atoms with van der Waals surface area (Å²) in [5.74, 6) is 1.32. The summed E-state index contributed by atoms with van der Waals surface area (Å²) in [6, 6.07) is 13.5. The number of hydrogen-bond acceptors (Lipinski definition) is 4. The Morgan fingerprint density at radius 1 is 1.12 bits per heavy atom. The van der Waals surface area contributed by atoms with Crippen LogP contribution >= 0.6 is 0 Å². The first-order valence-electron chi connectivity index (χ1n) is 9.90. The lowest BCUT2D eigenvalue weighted by molar-refractivity contribution is 0.114. The summed E-state index contributed by atoms with van der Waals surface area (Å²) in [7, 11) is 2.23. The molecule has 26 heavy (non-hydrogen) atoms. The van der Waals surface area contributed by atoms with Crippen LogP contribution < -0.4 is 0 Å². The molecule has 1 aliphatic heterocycles. The molecule has 0 aliphatic carbocycles. The van der Waals surface area contributed by atoms with Crippen molar-refractivity contribution in [3.8, 4) is 0 Å². The fourth-order valence-corrected chi connectivity index (χ4v) is 3.66. The zero-order chi connectivity index (χ0) is 18.4. The maximum Gasteiger partial charge on any atom is 0.131 e. The molecule has 0 amide bonds. The van der Waals surface area contributed by atoms with Crippen molar-refractivity contribution >= 4 is 0 Å². The molecule has 0 unspecified atom stereocenters. The zero-order valence-electron chi connectivity index (χ0n) is 16.4. The summed E-state index contributed by atoms with van der Waals surface area (Å²) >= 11 is 0. The van der Waals surface area contributed by atoms with Crippen LogP contribution in [0.5, 0.6) is 0 Å². The standard InChI is InChI=1S/C22H32N4/c1-18(2)22-23-13-9-20(24-22)17-26(21-11-14-25(3)15-12-21)16-10-19-7-5-4-6-8-19/h4-9,13,18,21H,10-12,14-17H2,1-3H3. The molecule has 4 heteroatoms. The van der Waals surface area contributed by atoms with E-state index in [1.165, 1.54) is 31.5 Å². The molecule has 0 atom stereocenters. The number of rotatable bonds is 7. The Morgan fingerprint density at radius 2 is 1.85 bits per heavy atom. The van der Waals surface area contributed by atoms with E-state index in [1.807, 2.05) is 6.20 Å². The second kappa shape index (κ2) is 9.24. The van der Waals surface area contributed by atoms with Crippen LogP contribution in [0.1, 0.15) is 49.7 Å². The Kier molecular flexibility index (Phi) is 6.75. The molecular weight excluding hydrogens is 320 g/mol. The minimum atomic E-state index is 0.371. The van der Waals surface area contributed by atoms with E-state index < -0.39 is 0 Å². The second-order valence-corrected chi connectivity index (χ2v) is 7.80. The lowest BCUT2D eigenvalue weighted by Crippen LogP contribution is -2.44. The molecule has 0 radical (unpaired) electrons. The first-order valence-corrected chi connectivity index (χ1v) is 9.90. The van der Waals surface area contributed by atoms with Crippen molar-refractivity contribution in [2.24, 2.45) is 0 Å². The van der Waals surface area contributed by atoms with Crippen molar-refractivity contribution in [2.75, 3.05) is 26.7 Å². The lowest BCUT2D eigenvalue weighted by atomic mass is 10.0. The predicted octanol–water partition coefficient (Wildman–Crippen LogP) is 3.74. The van der Waals surface area contributed by atoms with Crippen LogP contribution in [0.3, 0.4) is 0 Å².